The monoisotopic (exact) mass is 615 g/mol. The fourth-order valence-corrected chi connectivity index (χ4v) is 5.78. The Labute approximate surface area is 266 Å². The molecule has 0 saturated carbocycles. The molecule has 45 heavy (non-hydrogen) atoms. The van der Waals surface area contributed by atoms with Crippen LogP contribution in [0, 0.1) is 0 Å². The first-order valence-corrected chi connectivity index (χ1v) is 15.4. The lowest BCUT2D eigenvalue weighted by molar-refractivity contribution is -0.116. The number of methoxy groups -OCH3 is 1. The summed E-state index contributed by atoms with van der Waals surface area (Å²) >= 11 is 1.42. The molecule has 7 nitrogen and oxygen atoms in total. The zero-order valence-electron chi connectivity index (χ0n) is 25.0. The second-order valence-electron chi connectivity index (χ2n) is 10.1. The van der Waals surface area contributed by atoms with E-state index in [0.29, 0.717) is 29.0 Å². The number of carbonyl (C=O) groups is 3. The molecule has 0 radical (unpaired) electrons. The summed E-state index contributed by atoms with van der Waals surface area (Å²) in [7, 11) is 1.55. The second-order valence-corrected chi connectivity index (χ2v) is 11.4. The number of thioether (sulfide) groups is 1. The summed E-state index contributed by atoms with van der Waals surface area (Å²) in [5.74, 6) is -0.464. The van der Waals surface area contributed by atoms with E-state index in [4.69, 9.17) is 4.74 Å². The third-order valence-electron chi connectivity index (χ3n) is 7.05. The molecule has 0 spiro atoms. The Morgan fingerprint density at radius 2 is 1.51 bits per heavy atom. The van der Waals surface area contributed by atoms with Gasteiger partial charge in [-0.2, -0.15) is 0 Å². The van der Waals surface area contributed by atoms with E-state index >= 15 is 0 Å². The summed E-state index contributed by atoms with van der Waals surface area (Å²) in [6.07, 6.45) is 2.19. The summed E-state index contributed by atoms with van der Waals surface area (Å²) in [5.41, 5.74) is 2.39. The van der Waals surface area contributed by atoms with Gasteiger partial charge in [0.2, 0.25) is 5.91 Å². The quantitative estimate of drug-likeness (QED) is 0.104. The smallest absolute Gasteiger partial charge is 0.272 e. The Kier molecular flexibility index (Phi) is 10.3. The maximum atomic E-state index is 13.6. The highest BCUT2D eigenvalue weighted by Gasteiger charge is 2.20. The first-order chi connectivity index (χ1) is 21.9. The molecule has 1 atom stereocenters. The summed E-state index contributed by atoms with van der Waals surface area (Å²) < 4.78 is 5.45. The lowest BCUT2D eigenvalue weighted by atomic mass is 10.1. The van der Waals surface area contributed by atoms with E-state index in [-0.39, 0.29) is 16.9 Å². The van der Waals surface area contributed by atoms with Gasteiger partial charge in [0.15, 0.2) is 0 Å². The molecule has 5 aromatic carbocycles. The maximum absolute atomic E-state index is 13.6. The van der Waals surface area contributed by atoms with Crippen LogP contribution in [-0.2, 0) is 9.59 Å². The van der Waals surface area contributed by atoms with Crippen LogP contribution in [0.3, 0.4) is 0 Å². The number of hydrogen-bond donors (Lipinski definition) is 3. The van der Waals surface area contributed by atoms with Crippen molar-refractivity contribution in [1.29, 1.82) is 0 Å². The number of anilines is 2. The molecule has 0 aliphatic rings. The number of fused-ring (bicyclic) bond motifs is 1. The number of amides is 3. The average molecular weight is 616 g/mol. The number of para-hydroxylation sites is 1. The first kappa shape index (κ1) is 31.1. The summed E-state index contributed by atoms with van der Waals surface area (Å²) in [6.45, 7) is 1.97. The van der Waals surface area contributed by atoms with Crippen molar-refractivity contribution in [3.63, 3.8) is 0 Å². The van der Waals surface area contributed by atoms with Crippen molar-refractivity contribution in [1.82, 2.24) is 5.32 Å². The minimum atomic E-state index is -0.506. The van der Waals surface area contributed by atoms with Crippen molar-refractivity contribution in [2.75, 3.05) is 17.7 Å². The van der Waals surface area contributed by atoms with Gasteiger partial charge in [0.1, 0.15) is 11.4 Å². The van der Waals surface area contributed by atoms with E-state index < -0.39 is 11.8 Å². The minimum Gasteiger partial charge on any atom is -0.496 e. The number of carbonyl (C=O) groups excluding carboxylic acids is 3. The van der Waals surface area contributed by atoms with Gasteiger partial charge in [0, 0.05) is 32.8 Å². The van der Waals surface area contributed by atoms with E-state index in [0.717, 1.165) is 21.4 Å². The Balaban J connectivity index is 1.33. The molecule has 8 heteroatoms. The normalized spacial score (nSPS) is 11.8. The molecular weight excluding hydrogens is 582 g/mol. The second kappa shape index (κ2) is 14.9. The first-order valence-electron chi connectivity index (χ1n) is 14.5. The Morgan fingerprint density at radius 3 is 2.31 bits per heavy atom. The lowest BCUT2D eigenvalue weighted by Crippen LogP contribution is -2.30. The Morgan fingerprint density at radius 1 is 0.800 bits per heavy atom. The highest BCUT2D eigenvalue weighted by atomic mass is 32.2. The van der Waals surface area contributed by atoms with Gasteiger partial charge in [0.05, 0.1) is 12.4 Å². The molecule has 5 rings (SSSR count). The van der Waals surface area contributed by atoms with Gasteiger partial charge in [-0.15, -0.1) is 11.8 Å². The fraction of sp³-hybridized carbons (Fsp3) is 0.108. The summed E-state index contributed by atoms with van der Waals surface area (Å²) in [4.78, 5) is 40.8. The largest absolute Gasteiger partial charge is 0.496 e. The van der Waals surface area contributed by atoms with Gasteiger partial charge in [0.25, 0.3) is 11.8 Å². The lowest BCUT2D eigenvalue weighted by Gasteiger charge is -2.17. The van der Waals surface area contributed by atoms with E-state index in [2.05, 4.69) is 16.0 Å². The van der Waals surface area contributed by atoms with Crippen LogP contribution >= 0.6 is 11.8 Å². The number of ether oxygens (including phenoxy) is 1. The van der Waals surface area contributed by atoms with Gasteiger partial charge in [-0.25, -0.2) is 0 Å². The van der Waals surface area contributed by atoms with E-state index in [1.165, 1.54) is 11.8 Å². The van der Waals surface area contributed by atoms with Crippen LogP contribution in [0.4, 0.5) is 11.4 Å². The van der Waals surface area contributed by atoms with Crippen molar-refractivity contribution in [3.05, 3.63) is 138 Å². The molecule has 226 valence electrons. The van der Waals surface area contributed by atoms with Crippen molar-refractivity contribution in [2.24, 2.45) is 0 Å². The standard InChI is InChI=1S/C37H33N3O4S/c1-3-34(37(43)39-31-21-11-17-25-13-7-9-20-30(25)31)45-29-19-12-18-28(24-29)38-36(42)32(23-27-16-8-10-22-33(27)44-2)40-35(41)26-14-5-4-6-15-26/h4-24,34H,3H2,1-2H3,(H,38,42)(H,39,43)(H,40,41)/b32-23+. The average Bonchev–Trinajstić information content (AvgIpc) is 3.07. The molecule has 1 unspecified atom stereocenters. The van der Waals surface area contributed by atoms with Crippen molar-refractivity contribution in [3.8, 4) is 5.75 Å². The van der Waals surface area contributed by atoms with Crippen LogP contribution in [-0.4, -0.2) is 30.1 Å². The molecule has 0 bridgehead atoms. The third-order valence-corrected chi connectivity index (χ3v) is 8.41. The highest BCUT2D eigenvalue weighted by molar-refractivity contribution is 8.00. The van der Waals surface area contributed by atoms with Crippen molar-refractivity contribution < 1.29 is 19.1 Å². The molecule has 0 heterocycles. The molecule has 3 N–H and O–H groups in total. The van der Waals surface area contributed by atoms with Crippen LogP contribution in [0.25, 0.3) is 16.8 Å². The summed E-state index contributed by atoms with van der Waals surface area (Å²) in [6, 6.07) is 37.0. The van der Waals surface area contributed by atoms with Gasteiger partial charge >= 0.3 is 0 Å². The molecule has 0 aliphatic carbocycles. The molecule has 3 amide bonds. The van der Waals surface area contributed by atoms with E-state index in [1.807, 2.05) is 85.8 Å². The SMILES string of the molecule is CCC(Sc1cccc(NC(=O)/C(=C\c2ccccc2OC)NC(=O)c2ccccc2)c1)C(=O)Nc1cccc2ccccc12. The minimum absolute atomic E-state index is 0.0484. The van der Waals surface area contributed by atoms with Gasteiger partial charge in [-0.1, -0.05) is 85.8 Å². The number of hydrogen-bond acceptors (Lipinski definition) is 5. The van der Waals surface area contributed by atoms with Crippen LogP contribution in [0.2, 0.25) is 0 Å². The summed E-state index contributed by atoms with van der Waals surface area (Å²) in [5, 5.41) is 10.4. The van der Waals surface area contributed by atoms with Crippen LogP contribution in [0.1, 0.15) is 29.3 Å². The number of nitrogens with one attached hydrogen (secondary N) is 3. The van der Waals surface area contributed by atoms with Crippen LogP contribution in [0.15, 0.2) is 132 Å². The molecule has 5 aromatic rings. The van der Waals surface area contributed by atoms with E-state index in [1.54, 1.807) is 55.7 Å². The van der Waals surface area contributed by atoms with Gasteiger partial charge in [-0.05, 0) is 60.3 Å². The van der Waals surface area contributed by atoms with Crippen molar-refractivity contribution >= 4 is 57.7 Å². The molecular formula is C37H33N3O4S. The zero-order chi connectivity index (χ0) is 31.6. The number of benzene rings is 5. The van der Waals surface area contributed by atoms with Crippen LogP contribution in [0.5, 0.6) is 5.75 Å². The van der Waals surface area contributed by atoms with E-state index in [9.17, 15) is 14.4 Å². The van der Waals surface area contributed by atoms with Crippen molar-refractivity contribution in [2.45, 2.75) is 23.5 Å². The maximum Gasteiger partial charge on any atom is 0.272 e. The van der Waals surface area contributed by atoms with Gasteiger partial charge < -0.3 is 20.7 Å². The van der Waals surface area contributed by atoms with Gasteiger partial charge in [-0.3, -0.25) is 14.4 Å². The third kappa shape index (κ3) is 7.99. The molecule has 0 aromatic heterocycles. The predicted molar refractivity (Wildman–Crippen MR) is 182 cm³/mol. The molecule has 0 fully saturated rings. The predicted octanol–water partition coefficient (Wildman–Crippen LogP) is 7.77. The molecule has 0 saturated heterocycles. The number of rotatable bonds is 11. The Bertz CT molecular complexity index is 1850. The Hall–Kier alpha value is -5.34. The van der Waals surface area contributed by atoms with Crippen LogP contribution < -0.4 is 20.7 Å². The fourth-order valence-electron chi connectivity index (χ4n) is 4.76. The molecule has 0 aliphatic heterocycles. The highest BCUT2D eigenvalue weighted by Crippen LogP contribution is 2.30. The zero-order valence-corrected chi connectivity index (χ0v) is 25.8. The topological polar surface area (TPSA) is 96.5 Å².